The molecular weight excluding hydrogens is 416 g/mol. The predicted octanol–water partition coefficient (Wildman–Crippen LogP) is 1.60. The van der Waals surface area contributed by atoms with Crippen molar-refractivity contribution in [2.24, 2.45) is 0 Å². The number of hydrogen-bond acceptors (Lipinski definition) is 6. The van der Waals surface area contributed by atoms with Crippen LogP contribution >= 0.6 is 11.6 Å². The van der Waals surface area contributed by atoms with Crippen molar-refractivity contribution in [1.82, 2.24) is 24.6 Å². The highest BCUT2D eigenvalue weighted by Gasteiger charge is 2.35. The normalized spacial score (nSPS) is 17.2. The summed E-state index contributed by atoms with van der Waals surface area (Å²) in [5, 5.41) is 3.44. The highest BCUT2D eigenvalue weighted by Crippen LogP contribution is 2.20. The van der Waals surface area contributed by atoms with E-state index in [1.165, 1.54) is 0 Å². The van der Waals surface area contributed by atoms with E-state index < -0.39 is 16.1 Å². The first-order valence-corrected chi connectivity index (χ1v) is 10.9. The molecule has 1 amide bonds. The first-order valence-electron chi connectivity index (χ1n) is 9.03. The number of pyridine rings is 1. The largest absolute Gasteiger partial charge is 0.383 e. The van der Waals surface area contributed by atoms with Crippen molar-refractivity contribution >= 4 is 44.3 Å². The third-order valence-electron chi connectivity index (χ3n) is 4.66. The van der Waals surface area contributed by atoms with Crippen molar-refractivity contribution < 1.29 is 13.2 Å². The summed E-state index contributed by atoms with van der Waals surface area (Å²) in [6.07, 6.45) is 3.76. The summed E-state index contributed by atoms with van der Waals surface area (Å²) in [5.41, 5.74) is 1.91. The van der Waals surface area contributed by atoms with E-state index in [0.717, 1.165) is 5.69 Å². The highest BCUT2D eigenvalue weighted by molar-refractivity contribution is 7.89. The van der Waals surface area contributed by atoms with Gasteiger partial charge in [0, 0.05) is 42.7 Å². The zero-order valence-electron chi connectivity index (χ0n) is 15.3. The molecule has 0 saturated carbocycles. The molecule has 9 nitrogen and oxygen atoms in total. The standard InChI is InChI=1S/C18H19ClN6O3S/c19-12-1-2-14-16(11-12)23-18(22-14)29(27,28)24-15-5-9-25(17(15)26)10-8-21-13-3-6-20-7-4-13/h1-4,6-7,11,15,24H,5,8-10H2,(H,20,21)(H,22,23)/t15-/m0/s1. The number of hydrogen-bond donors (Lipinski definition) is 3. The van der Waals surface area contributed by atoms with Crippen LogP contribution in [0, 0.1) is 0 Å². The fraction of sp³-hybridized carbons (Fsp3) is 0.278. The molecular formula is C18H19ClN6O3S. The van der Waals surface area contributed by atoms with Crippen LogP contribution in [0.15, 0.2) is 47.9 Å². The minimum atomic E-state index is -3.97. The number of sulfonamides is 1. The Labute approximate surface area is 172 Å². The van der Waals surface area contributed by atoms with Crippen LogP contribution in [-0.2, 0) is 14.8 Å². The SMILES string of the molecule is O=C1[C@@H](NS(=O)(=O)c2nc3ccc(Cl)cc3[nH]2)CCN1CCNc1ccncc1. The number of aromatic nitrogens is 3. The van der Waals surface area contributed by atoms with E-state index in [1.54, 1.807) is 35.5 Å². The lowest BCUT2D eigenvalue weighted by Gasteiger charge is -2.17. The number of anilines is 1. The second-order valence-corrected chi connectivity index (χ2v) is 8.72. The van der Waals surface area contributed by atoms with Crippen LogP contribution in [-0.4, -0.2) is 59.9 Å². The number of rotatable bonds is 7. The number of carbonyl (C=O) groups is 1. The number of fused-ring (bicyclic) bond motifs is 1. The summed E-state index contributed by atoms with van der Waals surface area (Å²) >= 11 is 5.92. The lowest BCUT2D eigenvalue weighted by atomic mass is 10.3. The third-order valence-corrected chi connectivity index (χ3v) is 6.20. The number of aromatic amines is 1. The molecule has 0 bridgehead atoms. The maximum Gasteiger partial charge on any atom is 0.275 e. The number of nitrogens with zero attached hydrogens (tertiary/aromatic N) is 3. The van der Waals surface area contributed by atoms with Crippen molar-refractivity contribution in [3.63, 3.8) is 0 Å². The molecule has 3 N–H and O–H groups in total. The van der Waals surface area contributed by atoms with Gasteiger partial charge in [0.25, 0.3) is 10.0 Å². The number of carbonyl (C=O) groups excluding carboxylic acids is 1. The van der Waals surface area contributed by atoms with Crippen LogP contribution in [0.2, 0.25) is 5.02 Å². The summed E-state index contributed by atoms with van der Waals surface area (Å²) in [4.78, 5) is 25.0. The molecule has 1 aliphatic rings. The minimum absolute atomic E-state index is 0.236. The van der Waals surface area contributed by atoms with Crippen LogP contribution in [0.3, 0.4) is 0 Å². The van der Waals surface area contributed by atoms with Crippen molar-refractivity contribution in [3.8, 4) is 0 Å². The molecule has 0 spiro atoms. The van der Waals surface area contributed by atoms with Crippen LogP contribution in [0.5, 0.6) is 0 Å². The number of H-pyrrole nitrogens is 1. The lowest BCUT2D eigenvalue weighted by Crippen LogP contribution is -2.42. The molecule has 29 heavy (non-hydrogen) atoms. The average molecular weight is 435 g/mol. The molecule has 1 fully saturated rings. The van der Waals surface area contributed by atoms with Crippen molar-refractivity contribution in [2.45, 2.75) is 17.6 Å². The first-order chi connectivity index (χ1) is 13.9. The number of amides is 1. The fourth-order valence-corrected chi connectivity index (χ4v) is 4.54. The second-order valence-electron chi connectivity index (χ2n) is 6.65. The van der Waals surface area contributed by atoms with Gasteiger partial charge in [-0.05, 0) is 36.8 Å². The fourth-order valence-electron chi connectivity index (χ4n) is 3.20. The molecule has 2 aromatic heterocycles. The molecule has 1 aromatic carbocycles. The Hall–Kier alpha value is -2.69. The van der Waals surface area contributed by atoms with E-state index in [1.807, 2.05) is 12.1 Å². The smallest absolute Gasteiger partial charge is 0.275 e. The van der Waals surface area contributed by atoms with E-state index in [9.17, 15) is 13.2 Å². The minimum Gasteiger partial charge on any atom is -0.383 e. The summed E-state index contributed by atoms with van der Waals surface area (Å²) in [6.45, 7) is 1.52. The number of imidazole rings is 1. The Morgan fingerprint density at radius 2 is 2.03 bits per heavy atom. The van der Waals surface area contributed by atoms with E-state index in [2.05, 4.69) is 25.0 Å². The highest BCUT2D eigenvalue weighted by atomic mass is 35.5. The summed E-state index contributed by atoms with van der Waals surface area (Å²) in [6, 6.07) is 7.73. The topological polar surface area (TPSA) is 120 Å². The van der Waals surface area contributed by atoms with Gasteiger partial charge in [-0.1, -0.05) is 11.6 Å². The van der Waals surface area contributed by atoms with E-state index in [-0.39, 0.29) is 11.1 Å². The van der Waals surface area contributed by atoms with Crippen molar-refractivity contribution in [1.29, 1.82) is 0 Å². The van der Waals surface area contributed by atoms with Gasteiger partial charge < -0.3 is 15.2 Å². The molecule has 11 heteroatoms. The van der Waals surface area contributed by atoms with E-state index in [4.69, 9.17) is 11.6 Å². The molecule has 1 atom stereocenters. The van der Waals surface area contributed by atoms with Crippen molar-refractivity contribution in [2.75, 3.05) is 25.0 Å². The van der Waals surface area contributed by atoms with E-state index in [0.29, 0.717) is 42.1 Å². The van der Waals surface area contributed by atoms with E-state index >= 15 is 0 Å². The molecule has 4 rings (SSSR count). The molecule has 0 unspecified atom stereocenters. The van der Waals surface area contributed by atoms with Crippen LogP contribution in [0.25, 0.3) is 11.0 Å². The molecule has 152 valence electrons. The summed E-state index contributed by atoms with van der Waals surface area (Å²) < 4.78 is 27.8. The Morgan fingerprint density at radius 1 is 1.24 bits per heavy atom. The Bertz CT molecular complexity index is 1130. The van der Waals surface area contributed by atoms with Crippen LogP contribution < -0.4 is 10.0 Å². The molecule has 3 heterocycles. The van der Waals surface area contributed by atoms with Gasteiger partial charge in [0.05, 0.1) is 11.0 Å². The molecule has 3 aromatic rings. The maximum atomic E-state index is 12.7. The second kappa shape index (κ2) is 7.97. The summed E-state index contributed by atoms with van der Waals surface area (Å²) in [7, 11) is -3.97. The van der Waals surface area contributed by atoms with Crippen LogP contribution in [0.1, 0.15) is 6.42 Å². The zero-order valence-corrected chi connectivity index (χ0v) is 16.9. The number of nitrogens with one attached hydrogen (secondary N) is 3. The Balaban J connectivity index is 1.38. The monoisotopic (exact) mass is 434 g/mol. The maximum absolute atomic E-state index is 12.7. The van der Waals surface area contributed by atoms with Gasteiger partial charge in [0.1, 0.15) is 6.04 Å². The first kappa shape index (κ1) is 19.6. The van der Waals surface area contributed by atoms with Crippen LogP contribution in [0.4, 0.5) is 5.69 Å². The third kappa shape index (κ3) is 4.34. The van der Waals surface area contributed by atoms with Gasteiger partial charge in [-0.15, -0.1) is 0 Å². The predicted molar refractivity (Wildman–Crippen MR) is 109 cm³/mol. The van der Waals surface area contributed by atoms with Gasteiger partial charge in [-0.25, -0.2) is 13.4 Å². The molecule has 0 aliphatic carbocycles. The summed E-state index contributed by atoms with van der Waals surface area (Å²) in [5.74, 6) is -0.246. The molecule has 0 radical (unpaired) electrons. The number of likely N-dealkylation sites (tertiary alicyclic amines) is 1. The Kier molecular flexibility index (Phi) is 5.39. The molecule has 1 saturated heterocycles. The van der Waals surface area contributed by atoms with Gasteiger partial charge >= 0.3 is 0 Å². The number of halogens is 1. The quantitative estimate of drug-likeness (QED) is 0.519. The lowest BCUT2D eigenvalue weighted by molar-refractivity contribution is -0.128. The zero-order chi connectivity index (χ0) is 20.4. The average Bonchev–Trinajstić information content (AvgIpc) is 3.27. The Morgan fingerprint density at radius 3 is 2.83 bits per heavy atom. The van der Waals surface area contributed by atoms with Gasteiger partial charge in [-0.2, -0.15) is 4.72 Å². The van der Waals surface area contributed by atoms with Gasteiger partial charge in [-0.3, -0.25) is 9.78 Å². The number of benzene rings is 1. The van der Waals surface area contributed by atoms with Gasteiger partial charge in [0.2, 0.25) is 11.1 Å². The molecule has 1 aliphatic heterocycles. The van der Waals surface area contributed by atoms with Crippen molar-refractivity contribution in [3.05, 3.63) is 47.7 Å². The van der Waals surface area contributed by atoms with Gasteiger partial charge in [0.15, 0.2) is 0 Å².